The topological polar surface area (TPSA) is 91.0 Å². The van der Waals surface area contributed by atoms with Crippen LogP contribution in [0.15, 0.2) is 54.2 Å². The van der Waals surface area contributed by atoms with Crippen molar-refractivity contribution in [2.24, 2.45) is 0 Å². The average Bonchev–Trinajstić information content (AvgIpc) is 3.44. The number of rotatable bonds is 5. The molecule has 4 N–H and O–H groups in total. The number of nitrogens with two attached hydrogens (primary N) is 1. The zero-order valence-electron chi connectivity index (χ0n) is 16.5. The van der Waals surface area contributed by atoms with Crippen LogP contribution in [0.5, 0.6) is 0 Å². The molecule has 0 aliphatic carbocycles. The Hall–Kier alpha value is -3.00. The molecule has 2 aromatic heterocycles. The van der Waals surface area contributed by atoms with Gasteiger partial charge >= 0.3 is 0 Å². The quantitative estimate of drug-likeness (QED) is 0.336. The first-order valence-electron chi connectivity index (χ1n) is 9.97. The van der Waals surface area contributed by atoms with Gasteiger partial charge in [-0.1, -0.05) is 18.2 Å². The first-order valence-corrected chi connectivity index (χ1v) is 10.8. The molecular weight excluding hydrogens is 394 g/mol. The number of H-pyrrole nitrogens is 1. The summed E-state index contributed by atoms with van der Waals surface area (Å²) in [6.45, 7) is 4.47. The van der Waals surface area contributed by atoms with E-state index < -0.39 is 0 Å². The van der Waals surface area contributed by atoms with Crippen LogP contribution in [0.1, 0.15) is 16.8 Å². The molecule has 152 valence electrons. The average molecular weight is 418 g/mol. The predicted octanol–water partition coefficient (Wildman–Crippen LogP) is 4.12. The molecule has 0 spiro atoms. The molecule has 1 aliphatic rings. The molecule has 1 saturated heterocycles. The lowest BCUT2D eigenvalue weighted by atomic mass is 10.0. The van der Waals surface area contributed by atoms with Crippen LogP contribution in [-0.2, 0) is 11.3 Å². The number of morpholine rings is 1. The summed E-state index contributed by atoms with van der Waals surface area (Å²) >= 11 is 1.58. The number of ether oxygens (including phenoxy) is 1. The molecule has 1 fully saturated rings. The highest BCUT2D eigenvalue weighted by atomic mass is 32.1. The number of hydrogen-bond acceptors (Lipinski definition) is 6. The van der Waals surface area contributed by atoms with Gasteiger partial charge in [-0.25, -0.2) is 0 Å². The minimum Gasteiger partial charge on any atom is -0.398 e. The summed E-state index contributed by atoms with van der Waals surface area (Å²) in [6, 6.07) is 14.3. The Kier molecular flexibility index (Phi) is 5.08. The van der Waals surface area contributed by atoms with Gasteiger partial charge in [0.15, 0.2) is 0 Å². The number of anilines is 1. The lowest BCUT2D eigenvalue weighted by Crippen LogP contribution is -2.35. The zero-order valence-corrected chi connectivity index (χ0v) is 17.3. The number of fused-ring (bicyclic) bond motifs is 1. The van der Waals surface area contributed by atoms with Gasteiger partial charge in [-0.2, -0.15) is 0 Å². The van der Waals surface area contributed by atoms with E-state index in [1.54, 1.807) is 16.8 Å². The van der Waals surface area contributed by atoms with Crippen molar-refractivity contribution in [3.63, 3.8) is 0 Å². The number of nitrogens with zero attached hydrogens (tertiary/aromatic N) is 2. The van der Waals surface area contributed by atoms with Crippen molar-refractivity contribution in [2.75, 3.05) is 32.0 Å². The summed E-state index contributed by atoms with van der Waals surface area (Å²) in [5.41, 5.74) is 13.9. The Balaban J connectivity index is 1.39. The Morgan fingerprint density at radius 2 is 2.03 bits per heavy atom. The molecule has 3 heterocycles. The van der Waals surface area contributed by atoms with Crippen molar-refractivity contribution >= 4 is 33.6 Å². The molecule has 0 bridgehead atoms. The van der Waals surface area contributed by atoms with Gasteiger partial charge in [0.25, 0.3) is 0 Å². The molecule has 4 aromatic rings. The number of nitrogen functional groups attached to an aromatic ring is 1. The summed E-state index contributed by atoms with van der Waals surface area (Å²) < 4.78 is 5.43. The van der Waals surface area contributed by atoms with Gasteiger partial charge in [0.05, 0.1) is 35.0 Å². The Morgan fingerprint density at radius 1 is 1.17 bits per heavy atom. The minimum absolute atomic E-state index is 0.397. The highest BCUT2D eigenvalue weighted by Crippen LogP contribution is 2.28. The number of hydrogen-bond donors (Lipinski definition) is 3. The second-order valence-electron chi connectivity index (χ2n) is 7.54. The van der Waals surface area contributed by atoms with E-state index >= 15 is 0 Å². The molecule has 5 rings (SSSR count). The van der Waals surface area contributed by atoms with Crippen LogP contribution in [0, 0.1) is 5.41 Å². The summed E-state index contributed by atoms with van der Waals surface area (Å²) in [5, 5.41) is 9.82. The summed E-state index contributed by atoms with van der Waals surface area (Å²) in [4.78, 5) is 11.0. The molecule has 2 aromatic carbocycles. The van der Waals surface area contributed by atoms with Gasteiger partial charge in [0, 0.05) is 48.0 Å². The summed E-state index contributed by atoms with van der Waals surface area (Å²) in [7, 11) is 0. The van der Waals surface area contributed by atoms with E-state index in [1.807, 2.05) is 30.5 Å². The van der Waals surface area contributed by atoms with Crippen LogP contribution >= 0.6 is 11.3 Å². The van der Waals surface area contributed by atoms with Crippen LogP contribution in [0.3, 0.4) is 0 Å². The maximum atomic E-state index is 8.70. The minimum atomic E-state index is 0.397. The number of aromatic nitrogens is 2. The molecule has 30 heavy (non-hydrogen) atoms. The van der Waals surface area contributed by atoms with Crippen LogP contribution in [0.2, 0.25) is 0 Å². The Bertz CT molecular complexity index is 1190. The lowest BCUT2D eigenvalue weighted by molar-refractivity contribution is 0.0342. The lowest BCUT2D eigenvalue weighted by Gasteiger charge is -2.26. The SMILES string of the molecule is N=C(c1cc2cc(CN3CCOCC3)ccc2[nH]1)c1ccc(-c2cncs2)cc1N. The fraction of sp³-hybridized carbons (Fsp3) is 0.217. The third kappa shape index (κ3) is 3.75. The second-order valence-corrected chi connectivity index (χ2v) is 8.42. The number of nitrogens with one attached hydrogen (secondary N) is 2. The highest BCUT2D eigenvalue weighted by molar-refractivity contribution is 7.13. The van der Waals surface area contributed by atoms with Gasteiger partial charge < -0.3 is 15.5 Å². The highest BCUT2D eigenvalue weighted by Gasteiger charge is 2.14. The Labute approximate surface area is 178 Å². The van der Waals surface area contributed by atoms with E-state index in [-0.39, 0.29) is 0 Å². The van der Waals surface area contributed by atoms with Gasteiger partial charge in [0.1, 0.15) is 0 Å². The monoisotopic (exact) mass is 417 g/mol. The number of aromatic amines is 1. The largest absolute Gasteiger partial charge is 0.398 e. The predicted molar refractivity (Wildman–Crippen MR) is 122 cm³/mol. The van der Waals surface area contributed by atoms with E-state index in [1.165, 1.54) is 5.56 Å². The van der Waals surface area contributed by atoms with Crippen LogP contribution in [0.4, 0.5) is 5.69 Å². The number of thiazole rings is 1. The molecule has 1 aliphatic heterocycles. The van der Waals surface area contributed by atoms with Crippen molar-refractivity contribution < 1.29 is 4.74 Å². The van der Waals surface area contributed by atoms with Crippen molar-refractivity contribution in [3.05, 3.63) is 71.0 Å². The molecule has 0 amide bonds. The van der Waals surface area contributed by atoms with E-state index in [0.717, 1.165) is 65.4 Å². The molecule has 0 atom stereocenters. The number of benzene rings is 2. The van der Waals surface area contributed by atoms with Gasteiger partial charge in [-0.15, -0.1) is 11.3 Å². The molecule has 0 saturated carbocycles. The second kappa shape index (κ2) is 8.02. The summed E-state index contributed by atoms with van der Waals surface area (Å²) in [5.74, 6) is 0. The maximum Gasteiger partial charge on any atom is 0.0867 e. The first-order chi connectivity index (χ1) is 14.7. The fourth-order valence-electron chi connectivity index (χ4n) is 3.88. The van der Waals surface area contributed by atoms with Crippen molar-refractivity contribution in [2.45, 2.75) is 6.54 Å². The molecule has 7 heteroatoms. The van der Waals surface area contributed by atoms with Crippen LogP contribution in [0.25, 0.3) is 21.3 Å². The maximum absolute atomic E-state index is 8.70. The fourth-order valence-corrected chi connectivity index (χ4v) is 4.50. The normalized spacial score (nSPS) is 14.9. The Morgan fingerprint density at radius 3 is 2.80 bits per heavy atom. The van der Waals surface area contributed by atoms with Gasteiger partial charge in [-0.3, -0.25) is 15.3 Å². The zero-order chi connectivity index (χ0) is 20.5. The van der Waals surface area contributed by atoms with E-state index in [4.69, 9.17) is 15.9 Å². The molecular formula is C23H23N5OS. The third-order valence-corrected chi connectivity index (χ3v) is 6.32. The van der Waals surface area contributed by atoms with E-state index in [0.29, 0.717) is 11.4 Å². The van der Waals surface area contributed by atoms with Crippen molar-refractivity contribution in [1.29, 1.82) is 5.41 Å². The van der Waals surface area contributed by atoms with Crippen molar-refractivity contribution in [1.82, 2.24) is 14.9 Å². The smallest absolute Gasteiger partial charge is 0.0867 e. The van der Waals surface area contributed by atoms with Gasteiger partial charge in [-0.05, 0) is 35.4 Å². The molecule has 6 nitrogen and oxygen atoms in total. The van der Waals surface area contributed by atoms with E-state index in [9.17, 15) is 0 Å². The molecule has 0 radical (unpaired) electrons. The third-order valence-electron chi connectivity index (χ3n) is 5.50. The van der Waals surface area contributed by atoms with Crippen LogP contribution < -0.4 is 5.73 Å². The summed E-state index contributed by atoms with van der Waals surface area (Å²) in [6.07, 6.45) is 1.83. The standard InChI is InChI=1S/C23H23N5OS/c24-19-10-16(22-12-26-14-30-22)2-3-18(19)23(25)21-11-17-9-15(1-4-20(17)27-21)13-28-5-7-29-8-6-28/h1-4,9-12,14,25,27H,5-8,13,24H2. The van der Waals surface area contributed by atoms with E-state index in [2.05, 4.69) is 33.1 Å². The van der Waals surface area contributed by atoms with Crippen molar-refractivity contribution in [3.8, 4) is 10.4 Å². The first kappa shape index (κ1) is 19.0. The molecule has 0 unspecified atom stereocenters. The van der Waals surface area contributed by atoms with Gasteiger partial charge in [0.2, 0.25) is 0 Å². The van der Waals surface area contributed by atoms with Crippen LogP contribution in [-0.4, -0.2) is 46.9 Å².